The van der Waals surface area contributed by atoms with Gasteiger partial charge in [0, 0.05) is 19.5 Å². The Balaban J connectivity index is 1.57. The SMILES string of the molecule is O=C1CCCC2(CCCN(C(=O)OCc3ccccc3)C2)N1. The van der Waals surface area contributed by atoms with Crippen LogP contribution in [0.25, 0.3) is 0 Å². The van der Waals surface area contributed by atoms with Crippen LogP contribution in [0.3, 0.4) is 0 Å². The minimum atomic E-state index is -0.289. The van der Waals surface area contributed by atoms with Gasteiger partial charge in [0.05, 0.1) is 5.54 Å². The first-order valence-corrected chi connectivity index (χ1v) is 7.94. The Kier molecular flexibility index (Phi) is 4.32. The van der Waals surface area contributed by atoms with Crippen molar-refractivity contribution in [1.82, 2.24) is 10.2 Å². The summed E-state index contributed by atoms with van der Waals surface area (Å²) in [5, 5.41) is 3.10. The lowest BCUT2D eigenvalue weighted by Crippen LogP contribution is -2.61. The molecule has 0 saturated carbocycles. The zero-order valence-corrected chi connectivity index (χ0v) is 12.7. The average Bonchev–Trinajstić information content (AvgIpc) is 2.53. The van der Waals surface area contributed by atoms with E-state index >= 15 is 0 Å². The Morgan fingerprint density at radius 1 is 1.23 bits per heavy atom. The standard InChI is InChI=1S/C17H22N2O3/c20-15-8-4-9-17(18-15)10-5-11-19(13-17)16(21)22-12-14-6-2-1-3-7-14/h1-3,6-7H,4-5,8-13H2,(H,18,20). The number of rotatable bonds is 2. The molecule has 2 heterocycles. The van der Waals surface area contributed by atoms with Crippen LogP contribution in [0.2, 0.25) is 0 Å². The van der Waals surface area contributed by atoms with Gasteiger partial charge in [-0.25, -0.2) is 4.79 Å². The number of ether oxygens (including phenoxy) is 1. The number of amides is 2. The highest BCUT2D eigenvalue weighted by Crippen LogP contribution is 2.30. The molecule has 22 heavy (non-hydrogen) atoms. The second-order valence-corrected chi connectivity index (χ2v) is 6.25. The molecule has 1 aromatic rings. The van der Waals surface area contributed by atoms with Crippen molar-refractivity contribution in [1.29, 1.82) is 0 Å². The molecule has 0 aromatic heterocycles. The molecule has 118 valence electrons. The third kappa shape index (κ3) is 3.40. The first-order chi connectivity index (χ1) is 10.7. The second kappa shape index (κ2) is 6.38. The summed E-state index contributed by atoms with van der Waals surface area (Å²) in [6, 6.07) is 9.66. The first-order valence-electron chi connectivity index (χ1n) is 7.94. The van der Waals surface area contributed by atoms with Crippen LogP contribution in [0, 0.1) is 0 Å². The van der Waals surface area contributed by atoms with E-state index in [1.54, 1.807) is 4.90 Å². The van der Waals surface area contributed by atoms with Gasteiger partial charge in [-0.3, -0.25) is 4.79 Å². The van der Waals surface area contributed by atoms with Crippen LogP contribution >= 0.6 is 0 Å². The normalized spacial score (nSPS) is 24.9. The van der Waals surface area contributed by atoms with Gasteiger partial charge in [-0.05, 0) is 31.2 Å². The largest absolute Gasteiger partial charge is 0.445 e. The Bertz CT molecular complexity index is 542. The van der Waals surface area contributed by atoms with E-state index < -0.39 is 0 Å². The van der Waals surface area contributed by atoms with Crippen molar-refractivity contribution < 1.29 is 14.3 Å². The summed E-state index contributed by atoms with van der Waals surface area (Å²) < 4.78 is 5.40. The van der Waals surface area contributed by atoms with E-state index in [1.165, 1.54) is 0 Å². The molecular weight excluding hydrogens is 280 g/mol. The summed E-state index contributed by atoms with van der Waals surface area (Å²) >= 11 is 0. The maximum absolute atomic E-state index is 12.3. The van der Waals surface area contributed by atoms with E-state index in [9.17, 15) is 9.59 Å². The monoisotopic (exact) mass is 302 g/mol. The highest BCUT2D eigenvalue weighted by atomic mass is 16.6. The molecule has 1 unspecified atom stereocenters. The van der Waals surface area contributed by atoms with Crippen LogP contribution in [-0.4, -0.2) is 35.5 Å². The molecule has 0 aliphatic carbocycles. The number of carbonyl (C=O) groups excluding carboxylic acids is 2. The smallest absolute Gasteiger partial charge is 0.410 e. The molecule has 5 nitrogen and oxygen atoms in total. The molecule has 0 radical (unpaired) electrons. The minimum absolute atomic E-state index is 0.103. The average molecular weight is 302 g/mol. The molecule has 2 saturated heterocycles. The zero-order valence-electron chi connectivity index (χ0n) is 12.7. The maximum atomic E-state index is 12.3. The van der Waals surface area contributed by atoms with Gasteiger partial charge in [0.1, 0.15) is 6.61 Å². The maximum Gasteiger partial charge on any atom is 0.410 e. The van der Waals surface area contributed by atoms with Crippen molar-refractivity contribution in [3.05, 3.63) is 35.9 Å². The van der Waals surface area contributed by atoms with Crippen molar-refractivity contribution in [2.75, 3.05) is 13.1 Å². The Labute approximate surface area is 130 Å². The summed E-state index contributed by atoms with van der Waals surface area (Å²) in [5.41, 5.74) is 0.743. The van der Waals surface area contributed by atoms with Gasteiger partial charge in [-0.2, -0.15) is 0 Å². The van der Waals surface area contributed by atoms with Gasteiger partial charge in [0.15, 0.2) is 0 Å². The summed E-state index contributed by atoms with van der Waals surface area (Å²) in [6.07, 6.45) is 4.00. The van der Waals surface area contributed by atoms with Gasteiger partial charge in [-0.15, -0.1) is 0 Å². The number of nitrogens with one attached hydrogen (secondary N) is 1. The number of benzene rings is 1. The number of piperidine rings is 2. The molecule has 2 aliphatic heterocycles. The van der Waals surface area contributed by atoms with Crippen molar-refractivity contribution in [2.45, 2.75) is 44.2 Å². The number of nitrogens with zero attached hydrogens (tertiary/aromatic N) is 1. The lowest BCUT2D eigenvalue weighted by molar-refractivity contribution is -0.126. The Morgan fingerprint density at radius 3 is 2.77 bits per heavy atom. The second-order valence-electron chi connectivity index (χ2n) is 6.25. The molecule has 5 heteroatoms. The summed E-state index contributed by atoms with van der Waals surface area (Å²) in [4.78, 5) is 25.7. The van der Waals surface area contributed by atoms with E-state index in [-0.39, 0.29) is 24.1 Å². The van der Waals surface area contributed by atoms with Crippen molar-refractivity contribution in [2.24, 2.45) is 0 Å². The number of hydrogen-bond acceptors (Lipinski definition) is 3. The third-order valence-corrected chi connectivity index (χ3v) is 4.50. The molecule has 1 N–H and O–H groups in total. The Hall–Kier alpha value is -2.04. The number of likely N-dealkylation sites (tertiary alicyclic amines) is 1. The molecule has 0 bridgehead atoms. The van der Waals surface area contributed by atoms with E-state index in [0.29, 0.717) is 19.5 Å². The summed E-state index contributed by atoms with van der Waals surface area (Å²) in [6.45, 7) is 1.55. The summed E-state index contributed by atoms with van der Waals surface area (Å²) in [5.74, 6) is 0.103. The van der Waals surface area contributed by atoms with Crippen LogP contribution in [0.4, 0.5) is 4.79 Å². The molecular formula is C17H22N2O3. The third-order valence-electron chi connectivity index (χ3n) is 4.50. The van der Waals surface area contributed by atoms with E-state index in [4.69, 9.17) is 4.74 Å². The van der Waals surface area contributed by atoms with Crippen molar-refractivity contribution >= 4 is 12.0 Å². The fourth-order valence-corrected chi connectivity index (χ4v) is 3.41. The van der Waals surface area contributed by atoms with Crippen molar-refractivity contribution in [3.8, 4) is 0 Å². The molecule has 2 amide bonds. The van der Waals surface area contributed by atoms with Gasteiger partial charge in [-0.1, -0.05) is 30.3 Å². The van der Waals surface area contributed by atoms with Crippen molar-refractivity contribution in [3.63, 3.8) is 0 Å². The summed E-state index contributed by atoms with van der Waals surface area (Å²) in [7, 11) is 0. The number of carbonyl (C=O) groups is 2. The van der Waals surface area contributed by atoms with E-state index in [1.807, 2.05) is 30.3 Å². The highest BCUT2D eigenvalue weighted by molar-refractivity contribution is 5.78. The van der Waals surface area contributed by atoms with E-state index in [0.717, 1.165) is 31.2 Å². The quantitative estimate of drug-likeness (QED) is 0.913. The molecule has 2 aliphatic rings. The van der Waals surface area contributed by atoms with E-state index in [2.05, 4.69) is 5.32 Å². The Morgan fingerprint density at radius 2 is 2.00 bits per heavy atom. The minimum Gasteiger partial charge on any atom is -0.445 e. The predicted molar refractivity (Wildman–Crippen MR) is 82.2 cm³/mol. The van der Waals surface area contributed by atoms with Crippen LogP contribution < -0.4 is 5.32 Å². The zero-order chi connectivity index (χ0) is 15.4. The molecule has 1 atom stereocenters. The molecule has 2 fully saturated rings. The van der Waals surface area contributed by atoms with Crippen LogP contribution in [0.15, 0.2) is 30.3 Å². The molecule has 1 spiro atoms. The van der Waals surface area contributed by atoms with Gasteiger partial charge < -0.3 is 15.0 Å². The van der Waals surface area contributed by atoms with Crippen LogP contribution in [0.1, 0.15) is 37.7 Å². The lowest BCUT2D eigenvalue weighted by Gasteiger charge is -2.45. The fourth-order valence-electron chi connectivity index (χ4n) is 3.41. The topological polar surface area (TPSA) is 58.6 Å². The van der Waals surface area contributed by atoms with Crippen LogP contribution in [0.5, 0.6) is 0 Å². The fraction of sp³-hybridized carbons (Fsp3) is 0.529. The molecule has 1 aromatic carbocycles. The molecule has 3 rings (SSSR count). The van der Waals surface area contributed by atoms with Crippen LogP contribution in [-0.2, 0) is 16.1 Å². The number of hydrogen-bond donors (Lipinski definition) is 1. The van der Waals surface area contributed by atoms with Gasteiger partial charge >= 0.3 is 6.09 Å². The predicted octanol–water partition coefficient (Wildman–Crippen LogP) is 2.46. The highest BCUT2D eigenvalue weighted by Gasteiger charge is 2.40. The first kappa shape index (κ1) is 14.9. The van der Waals surface area contributed by atoms with Gasteiger partial charge in [0.2, 0.25) is 5.91 Å². The lowest BCUT2D eigenvalue weighted by atomic mass is 9.81. The van der Waals surface area contributed by atoms with Gasteiger partial charge in [0.25, 0.3) is 0 Å².